The summed E-state index contributed by atoms with van der Waals surface area (Å²) < 4.78 is 0. The number of nitro benzene ring substituents is 1. The number of benzene rings is 2. The number of thiazole rings is 1. The Morgan fingerprint density at radius 2 is 1.91 bits per heavy atom. The van der Waals surface area contributed by atoms with Crippen LogP contribution in [0.15, 0.2) is 71.0 Å². The average Bonchev–Trinajstić information content (AvgIpc) is 3.26. The summed E-state index contributed by atoms with van der Waals surface area (Å²) in [7, 11) is 0. The van der Waals surface area contributed by atoms with Crippen LogP contribution in [0.5, 0.6) is 0 Å². The first kappa shape index (κ1) is 24.6. The maximum Gasteiger partial charge on any atom is 0.328 e. The molecule has 1 unspecified atom stereocenters. The van der Waals surface area contributed by atoms with Gasteiger partial charge in [0.1, 0.15) is 0 Å². The smallest absolute Gasteiger partial charge is 0.328 e. The van der Waals surface area contributed by atoms with Gasteiger partial charge in [-0.2, -0.15) is 0 Å². The molecule has 0 radical (unpaired) electrons. The van der Waals surface area contributed by atoms with Crippen LogP contribution in [0.25, 0.3) is 11.3 Å². The Hall–Kier alpha value is -4.03. The van der Waals surface area contributed by atoms with Gasteiger partial charge in [-0.15, -0.1) is 23.1 Å². The fraction of sp³-hybridized carbons (Fsp3) is 0.0909. The van der Waals surface area contributed by atoms with Gasteiger partial charge in [-0.3, -0.25) is 19.7 Å². The minimum atomic E-state index is -1.23. The van der Waals surface area contributed by atoms with Gasteiger partial charge < -0.3 is 15.7 Å². The molecule has 0 spiro atoms. The summed E-state index contributed by atoms with van der Waals surface area (Å²) in [5, 5.41) is 26.4. The van der Waals surface area contributed by atoms with Crippen molar-refractivity contribution in [3.8, 4) is 11.3 Å². The number of hydrogen-bond acceptors (Lipinski definition) is 8. The number of hydrogen-bond donors (Lipinski definition) is 3. The lowest BCUT2D eigenvalue weighted by Crippen LogP contribution is -2.22. The molecule has 3 rings (SSSR count). The van der Waals surface area contributed by atoms with E-state index in [1.165, 1.54) is 35.2 Å². The molecular weight excluding hydrogens is 480 g/mol. The fourth-order valence-corrected chi connectivity index (χ4v) is 4.33. The summed E-state index contributed by atoms with van der Waals surface area (Å²) >= 11 is 2.47. The van der Waals surface area contributed by atoms with Gasteiger partial charge in [-0.25, -0.2) is 9.78 Å². The van der Waals surface area contributed by atoms with E-state index in [-0.39, 0.29) is 11.6 Å². The Bertz CT molecular complexity index is 1270. The Balaban J connectivity index is 1.61. The highest BCUT2D eigenvalue weighted by molar-refractivity contribution is 8.00. The second-order valence-corrected chi connectivity index (χ2v) is 9.06. The van der Waals surface area contributed by atoms with Crippen LogP contribution in [0.4, 0.5) is 16.5 Å². The fourth-order valence-electron chi connectivity index (χ4n) is 2.69. The number of nitrogens with zero attached hydrogens (tertiary/aromatic N) is 2. The predicted molar refractivity (Wildman–Crippen MR) is 130 cm³/mol. The average molecular weight is 499 g/mol. The zero-order valence-corrected chi connectivity index (χ0v) is 19.3. The highest BCUT2D eigenvalue weighted by Gasteiger charge is 2.17. The lowest BCUT2D eigenvalue weighted by Gasteiger charge is -2.11. The van der Waals surface area contributed by atoms with Crippen molar-refractivity contribution in [3.05, 3.63) is 76.2 Å². The minimum Gasteiger partial charge on any atom is -0.478 e. The number of non-ortho nitro benzene ring substituents is 1. The number of nitro groups is 1. The van der Waals surface area contributed by atoms with Crippen LogP contribution in [-0.4, -0.2) is 38.0 Å². The van der Waals surface area contributed by atoms with E-state index < -0.39 is 22.0 Å². The first-order valence-electron chi connectivity index (χ1n) is 9.71. The van der Waals surface area contributed by atoms with E-state index in [1.54, 1.807) is 48.7 Å². The summed E-state index contributed by atoms with van der Waals surface area (Å²) in [4.78, 5) is 50.4. The third kappa shape index (κ3) is 6.98. The monoisotopic (exact) mass is 498 g/mol. The van der Waals surface area contributed by atoms with E-state index in [2.05, 4.69) is 15.6 Å². The van der Waals surface area contributed by atoms with Gasteiger partial charge in [0.25, 0.3) is 5.69 Å². The van der Waals surface area contributed by atoms with Crippen molar-refractivity contribution in [1.82, 2.24) is 4.98 Å². The zero-order valence-electron chi connectivity index (χ0n) is 17.6. The number of amides is 2. The summed E-state index contributed by atoms with van der Waals surface area (Å²) in [6.45, 7) is 1.72. The molecule has 1 heterocycles. The molecule has 0 saturated carbocycles. The van der Waals surface area contributed by atoms with Gasteiger partial charge in [0.2, 0.25) is 11.8 Å². The maximum atomic E-state index is 12.6. The second-order valence-electron chi connectivity index (χ2n) is 6.78. The molecule has 1 atom stereocenters. The zero-order chi connectivity index (χ0) is 24.7. The topological polar surface area (TPSA) is 152 Å². The number of carboxylic acid groups (broad SMARTS) is 1. The number of carbonyl (C=O) groups is 3. The molecule has 0 aliphatic carbocycles. The lowest BCUT2D eigenvalue weighted by atomic mass is 10.1. The Labute approximate surface area is 201 Å². The molecule has 0 fully saturated rings. The molecule has 3 N–H and O–H groups in total. The van der Waals surface area contributed by atoms with Gasteiger partial charge in [0.15, 0.2) is 5.13 Å². The van der Waals surface area contributed by atoms with Gasteiger partial charge in [0, 0.05) is 45.8 Å². The number of nitrogens with one attached hydrogen (secondary N) is 2. The molecule has 2 amide bonds. The highest BCUT2D eigenvalue weighted by Crippen LogP contribution is 2.29. The van der Waals surface area contributed by atoms with E-state index in [9.17, 15) is 24.5 Å². The van der Waals surface area contributed by atoms with Crippen LogP contribution in [0, 0.1) is 10.1 Å². The van der Waals surface area contributed by atoms with Crippen molar-refractivity contribution >= 4 is 57.4 Å². The third-order valence-corrected chi connectivity index (χ3v) is 6.10. The Kier molecular flexibility index (Phi) is 8.11. The van der Waals surface area contributed by atoms with Gasteiger partial charge in [0.05, 0.1) is 15.9 Å². The van der Waals surface area contributed by atoms with Gasteiger partial charge in [-0.1, -0.05) is 18.2 Å². The standard InChI is InChI=1S/C22H18N4O6S2/c1-13(34-17-7-3-5-15(11-17)23-19(27)8-9-20(28)29)21(30)25-22-24-18(12-33-22)14-4-2-6-16(10-14)26(31)32/h2-13H,1H3,(H,23,27)(H,28,29)(H,24,25,30)/b9-8+. The van der Waals surface area contributed by atoms with Crippen molar-refractivity contribution in [2.24, 2.45) is 0 Å². The molecule has 0 aliphatic rings. The molecule has 1 aromatic heterocycles. The number of rotatable bonds is 9. The third-order valence-electron chi connectivity index (χ3n) is 4.25. The lowest BCUT2D eigenvalue weighted by molar-refractivity contribution is -0.384. The summed E-state index contributed by atoms with van der Waals surface area (Å²) in [6, 6.07) is 12.9. The number of anilines is 2. The SMILES string of the molecule is CC(Sc1cccc(NC(=O)/C=C/C(=O)O)c1)C(=O)Nc1nc(-c2cccc([N+](=O)[O-])c2)cs1. The predicted octanol–water partition coefficient (Wildman–Crippen LogP) is 4.42. The summed E-state index contributed by atoms with van der Waals surface area (Å²) in [6.07, 6.45) is 1.65. The van der Waals surface area contributed by atoms with Crippen molar-refractivity contribution < 1.29 is 24.4 Å². The van der Waals surface area contributed by atoms with Crippen molar-refractivity contribution in [3.63, 3.8) is 0 Å². The molecule has 3 aromatic rings. The first-order valence-corrected chi connectivity index (χ1v) is 11.5. The molecule has 174 valence electrons. The van der Waals surface area contributed by atoms with Gasteiger partial charge in [-0.05, 0) is 25.1 Å². The summed E-state index contributed by atoms with van der Waals surface area (Å²) in [5.41, 5.74) is 1.51. The summed E-state index contributed by atoms with van der Waals surface area (Å²) in [5.74, 6) is -2.10. The van der Waals surface area contributed by atoms with Gasteiger partial charge >= 0.3 is 5.97 Å². The number of aromatic nitrogens is 1. The second kappa shape index (κ2) is 11.2. The molecule has 34 heavy (non-hydrogen) atoms. The van der Waals surface area contributed by atoms with E-state index in [4.69, 9.17) is 5.11 Å². The number of aliphatic carboxylic acids is 1. The molecule has 2 aromatic carbocycles. The quantitative estimate of drug-likeness (QED) is 0.170. The maximum absolute atomic E-state index is 12.6. The normalized spacial score (nSPS) is 11.7. The molecule has 10 nitrogen and oxygen atoms in total. The number of carboxylic acids is 1. The van der Waals surface area contributed by atoms with Crippen LogP contribution in [-0.2, 0) is 14.4 Å². The Morgan fingerprint density at radius 3 is 2.65 bits per heavy atom. The van der Waals surface area contributed by atoms with Crippen LogP contribution < -0.4 is 10.6 Å². The number of carbonyl (C=O) groups excluding carboxylic acids is 2. The molecular formula is C22H18N4O6S2. The minimum absolute atomic E-state index is 0.0440. The van der Waals surface area contributed by atoms with E-state index in [0.29, 0.717) is 22.1 Å². The first-order chi connectivity index (χ1) is 16.2. The van der Waals surface area contributed by atoms with Crippen molar-refractivity contribution in [2.45, 2.75) is 17.1 Å². The van der Waals surface area contributed by atoms with Crippen molar-refractivity contribution in [1.29, 1.82) is 0 Å². The van der Waals surface area contributed by atoms with E-state index in [0.717, 1.165) is 17.0 Å². The molecule has 0 aliphatic heterocycles. The van der Waals surface area contributed by atoms with E-state index >= 15 is 0 Å². The molecule has 12 heteroatoms. The Morgan fingerprint density at radius 1 is 1.15 bits per heavy atom. The highest BCUT2D eigenvalue weighted by atomic mass is 32.2. The van der Waals surface area contributed by atoms with Crippen LogP contribution in [0.2, 0.25) is 0 Å². The van der Waals surface area contributed by atoms with Crippen molar-refractivity contribution in [2.75, 3.05) is 10.6 Å². The molecule has 0 bridgehead atoms. The largest absolute Gasteiger partial charge is 0.478 e. The number of thioether (sulfide) groups is 1. The molecule has 0 saturated heterocycles. The van der Waals surface area contributed by atoms with Crippen LogP contribution in [0.3, 0.4) is 0 Å². The van der Waals surface area contributed by atoms with Crippen LogP contribution >= 0.6 is 23.1 Å². The van der Waals surface area contributed by atoms with Crippen LogP contribution in [0.1, 0.15) is 6.92 Å². The van der Waals surface area contributed by atoms with E-state index in [1.807, 2.05) is 0 Å².